The predicted molar refractivity (Wildman–Crippen MR) is 630 cm³/mol. The van der Waals surface area contributed by atoms with Crippen LogP contribution in [0.25, 0.3) is 11.1 Å². The van der Waals surface area contributed by atoms with Crippen LogP contribution in [-0.2, 0) is 30.4 Å². The second-order valence-corrected chi connectivity index (χ2v) is 39.1. The number of hydrogen-bond donors (Lipinski definition) is 0. The van der Waals surface area contributed by atoms with E-state index in [2.05, 4.69) is 267 Å². The van der Waals surface area contributed by atoms with E-state index in [0.717, 1.165) is 83.1 Å². The van der Waals surface area contributed by atoms with Gasteiger partial charge in [0.25, 0.3) is 5.91 Å². The number of carbonyl (C=O) groups is 5. The number of anilines is 4. The number of likely N-dealkylation sites (tertiary alicyclic amines) is 1. The molecule has 5 amide bonds. The van der Waals surface area contributed by atoms with E-state index in [9.17, 15) is 24.0 Å². The first-order valence-corrected chi connectivity index (χ1v) is 55.3. The van der Waals surface area contributed by atoms with Crippen molar-refractivity contribution in [1.82, 2.24) is 4.90 Å². The van der Waals surface area contributed by atoms with Gasteiger partial charge in [0.1, 0.15) is 18.4 Å². The molecule has 10 rings (SSSR count). The Morgan fingerprint density at radius 3 is 0.920 bits per heavy atom. The Hall–Kier alpha value is -7.08. The number of aliphatic imine (C=N–C) groups is 1. The SMILES string of the molecule is CC.CC.CC.CC.CC.CC.CC.CC.CC.CC.CC.CC.CC.CC.CC.CC.CC.CC.CC(C)(C)C1C(=O)N(C(C)(C)C)c2ccccc2-c2ccccc21.CC(C)(C)C1CCCCN(C(C)(C)C)C1=O.CC(C)(C)C1CCc2ccccc2N(C(C)(C)C)C1=O.CC(C)(C)C1COc2ccccc2N(C(C)(C)C)C1=O.CC1=NC(C(C)(C)C)C(=O)N(C(C)(C)C)c2ccccc21. The third kappa shape index (κ3) is 53.6. The molecule has 5 heterocycles. The number of aryl methyl sites for hydroxylation is 1. The van der Waals surface area contributed by atoms with Crippen LogP contribution < -0.4 is 24.3 Å². The summed E-state index contributed by atoms with van der Waals surface area (Å²) in [5.74, 6) is 1.80. The van der Waals surface area contributed by atoms with Crippen LogP contribution in [-0.4, -0.2) is 87.0 Å². The van der Waals surface area contributed by atoms with Crippen molar-refractivity contribution in [3.05, 3.63) is 138 Å². The highest BCUT2D eigenvalue weighted by molar-refractivity contribution is 6.13. The van der Waals surface area contributed by atoms with Gasteiger partial charge in [0.2, 0.25) is 23.6 Å². The second-order valence-electron chi connectivity index (χ2n) is 39.1. The molecule has 0 aliphatic carbocycles. The summed E-state index contributed by atoms with van der Waals surface area (Å²) < 4.78 is 5.92. The van der Waals surface area contributed by atoms with E-state index in [1.54, 1.807) is 0 Å². The van der Waals surface area contributed by atoms with Crippen LogP contribution in [0.2, 0.25) is 0 Å². The maximum absolute atomic E-state index is 13.7. The zero-order valence-corrected chi connectivity index (χ0v) is 105. The zero-order chi connectivity index (χ0) is 113. The average Bonchev–Trinajstić information content (AvgIpc) is 1.51. The molecular weight excluding hydrogens is 1680 g/mol. The molecule has 1 saturated heterocycles. The van der Waals surface area contributed by atoms with E-state index in [1.165, 1.54) is 17.5 Å². The fourth-order valence-corrected chi connectivity index (χ4v) is 14.8. The van der Waals surface area contributed by atoms with Gasteiger partial charge in [0.15, 0.2) is 0 Å². The van der Waals surface area contributed by atoms with Crippen LogP contribution in [0.3, 0.4) is 0 Å². The van der Waals surface area contributed by atoms with Gasteiger partial charge >= 0.3 is 0 Å². The second kappa shape index (κ2) is 82.5. The van der Waals surface area contributed by atoms with Crippen molar-refractivity contribution in [2.75, 3.05) is 32.8 Å². The average molecular weight is 1920 g/mol. The molecule has 0 spiro atoms. The molecule has 5 aliphatic rings. The lowest BCUT2D eigenvalue weighted by atomic mass is 9.74. The summed E-state index contributed by atoms with van der Waals surface area (Å²) in [5, 5.41) is 0. The van der Waals surface area contributed by atoms with Crippen molar-refractivity contribution in [2.45, 2.75) is 536 Å². The van der Waals surface area contributed by atoms with Crippen molar-refractivity contribution in [2.24, 2.45) is 49.8 Å². The molecule has 0 bridgehead atoms. The largest absolute Gasteiger partial charge is 0.491 e. The monoisotopic (exact) mass is 1920 g/mol. The normalized spacial score (nSPS) is 15.8. The lowest BCUT2D eigenvalue weighted by molar-refractivity contribution is -0.143. The van der Waals surface area contributed by atoms with Gasteiger partial charge in [-0.3, -0.25) is 29.0 Å². The first kappa shape index (κ1) is 158. The number of ether oxygens (including phenoxy) is 1. The Kier molecular flexibility index (Phi) is 95.1. The van der Waals surface area contributed by atoms with Gasteiger partial charge in [-0.05, 0) is 211 Å². The van der Waals surface area contributed by atoms with E-state index in [0.29, 0.717) is 12.5 Å². The molecule has 12 nitrogen and oxygen atoms in total. The van der Waals surface area contributed by atoms with Gasteiger partial charge in [-0.25, -0.2) is 0 Å². The highest BCUT2D eigenvalue weighted by atomic mass is 16.5. The number of para-hydroxylation sites is 5. The van der Waals surface area contributed by atoms with Crippen molar-refractivity contribution in [3.8, 4) is 16.9 Å². The van der Waals surface area contributed by atoms with E-state index >= 15 is 0 Å². The third-order valence-electron chi connectivity index (χ3n) is 20.0. The molecule has 5 aromatic rings. The number of benzene rings is 5. The summed E-state index contributed by atoms with van der Waals surface area (Å²) in [4.78, 5) is 80.3. The number of hydrogen-bond acceptors (Lipinski definition) is 7. The number of benzodiazepines with no additional fused rings is 1. The van der Waals surface area contributed by atoms with Crippen LogP contribution in [0.4, 0.5) is 22.7 Å². The summed E-state index contributed by atoms with van der Waals surface area (Å²) in [6.07, 6.45) is 5.30. The van der Waals surface area contributed by atoms with Crippen molar-refractivity contribution in [1.29, 1.82) is 0 Å². The third-order valence-corrected chi connectivity index (χ3v) is 20.0. The molecule has 0 aromatic heterocycles. The molecular formula is C125H240N6O6. The quantitative estimate of drug-likeness (QED) is 0.152. The summed E-state index contributed by atoms with van der Waals surface area (Å²) >= 11 is 0. The molecule has 1 fully saturated rings. The molecule has 137 heavy (non-hydrogen) atoms. The van der Waals surface area contributed by atoms with E-state index in [1.807, 2.05) is 343 Å². The minimum Gasteiger partial charge on any atom is -0.491 e. The van der Waals surface area contributed by atoms with Crippen LogP contribution >= 0.6 is 0 Å². The molecule has 12 heteroatoms. The first-order chi connectivity index (χ1) is 64.0. The molecule has 0 radical (unpaired) electrons. The number of fused-ring (bicyclic) bond motifs is 6. The Morgan fingerprint density at radius 1 is 0.270 bits per heavy atom. The lowest BCUT2D eigenvalue weighted by Crippen LogP contribution is -2.52. The Balaban J connectivity index is -0.000000118. The van der Waals surface area contributed by atoms with Gasteiger partial charge in [-0.1, -0.05) is 451 Å². The molecule has 5 aromatic carbocycles. The minimum absolute atomic E-state index is 0.00261. The van der Waals surface area contributed by atoms with Crippen molar-refractivity contribution in [3.63, 3.8) is 0 Å². The summed E-state index contributed by atoms with van der Waals surface area (Å²) in [5.41, 5.74) is 9.21. The Morgan fingerprint density at radius 2 is 0.562 bits per heavy atom. The number of nitrogens with zero attached hydrogens (tertiary/aromatic N) is 6. The van der Waals surface area contributed by atoms with Crippen LogP contribution in [0, 0.1) is 44.8 Å². The van der Waals surface area contributed by atoms with Crippen LogP contribution in [0.15, 0.2) is 126 Å². The molecule has 5 atom stereocenters. The molecule has 0 N–H and O–H groups in total. The number of amides is 5. The van der Waals surface area contributed by atoms with Gasteiger partial charge in [0, 0.05) is 68.6 Å². The van der Waals surface area contributed by atoms with Gasteiger partial charge in [-0.15, -0.1) is 0 Å². The Labute approximate surface area is 859 Å². The number of carbonyl (C=O) groups excluding carboxylic acids is 5. The molecule has 5 aliphatic heterocycles. The highest BCUT2D eigenvalue weighted by Crippen LogP contribution is 2.50. The maximum Gasteiger partial charge on any atom is 0.252 e. The first-order valence-electron chi connectivity index (χ1n) is 55.3. The van der Waals surface area contributed by atoms with Gasteiger partial charge < -0.3 is 29.2 Å². The zero-order valence-electron chi connectivity index (χ0n) is 105. The molecule has 806 valence electrons. The van der Waals surface area contributed by atoms with E-state index < -0.39 is 0 Å². The fourth-order valence-electron chi connectivity index (χ4n) is 14.8. The van der Waals surface area contributed by atoms with Crippen LogP contribution in [0.1, 0.15) is 512 Å². The van der Waals surface area contributed by atoms with Crippen LogP contribution in [0.5, 0.6) is 5.75 Å². The van der Waals surface area contributed by atoms with Crippen molar-refractivity contribution >= 4 is 58.0 Å². The highest BCUT2D eigenvalue weighted by Gasteiger charge is 2.48. The minimum atomic E-state index is -0.357. The van der Waals surface area contributed by atoms with E-state index in [4.69, 9.17) is 9.73 Å². The maximum atomic E-state index is 13.7. The van der Waals surface area contributed by atoms with Gasteiger partial charge in [0.05, 0.1) is 28.9 Å². The summed E-state index contributed by atoms with van der Waals surface area (Å²) in [6.45, 7) is 139. The molecule has 5 unspecified atom stereocenters. The summed E-state index contributed by atoms with van der Waals surface area (Å²) in [6, 6.07) is 40.5. The fraction of sp³-hybridized carbons (Fsp3) is 0.712. The molecule has 0 saturated carbocycles. The lowest BCUT2D eigenvalue weighted by Gasteiger charge is -2.40. The number of rotatable bonds is 0. The summed E-state index contributed by atoms with van der Waals surface area (Å²) in [7, 11) is 0. The predicted octanol–water partition coefficient (Wildman–Crippen LogP) is 39.9. The van der Waals surface area contributed by atoms with Crippen molar-refractivity contribution < 1.29 is 28.7 Å². The topological polar surface area (TPSA) is 123 Å². The van der Waals surface area contributed by atoms with Gasteiger partial charge in [-0.2, -0.15) is 0 Å². The smallest absolute Gasteiger partial charge is 0.252 e. The Bertz CT molecular complexity index is 3570. The standard InChI is InChI=1S/C22H27NO.C18H26N2O.C18H27NO.C17H25NO2.C14H27NO.18C2H6/c1-21(2,3)19-17-13-8-7-11-15(17)16-12-9-10-14-18(16)23(20(19)24)22(4,5)6;1-12-13-10-8-9-11-14(13)20(18(5,6)7)16(21)15(19-12)17(2,3)4;1-17(2,3)14-12-11-13-9-7-8-10-15(13)19(16(14)20)18(4,5)6;1-16(2,3)12-11-20-14-10-8-7-9-13(14)18(15(12)19)17(4,5)6;1-13(2,3)11-9-7-8-10-15(12(11)16)14(4,5)6;18*1-2/h7-14,19H,1-6H3;8-11,15H,1-7H3;7-10,14H,11-12H2,1-6H3;7-10,12H,11H2,1-6H3;11H,7-10H2,1-6H3;18*1-2H3. The van der Waals surface area contributed by atoms with E-state index in [-0.39, 0.29) is 108 Å².